The van der Waals surface area contributed by atoms with E-state index in [2.05, 4.69) is 10.1 Å². The molecule has 0 aliphatic carbocycles. The number of rotatable bonds is 4. The predicted molar refractivity (Wildman–Crippen MR) is 94.3 cm³/mol. The van der Waals surface area contributed by atoms with Crippen molar-refractivity contribution in [3.63, 3.8) is 0 Å². The zero-order chi connectivity index (χ0) is 17.8. The first-order valence-electron chi connectivity index (χ1n) is 8.73. The largest absolute Gasteiger partial charge is 0.387 e. The summed E-state index contributed by atoms with van der Waals surface area (Å²) >= 11 is 0. The van der Waals surface area contributed by atoms with Crippen molar-refractivity contribution in [3.05, 3.63) is 52.9 Å². The van der Waals surface area contributed by atoms with Gasteiger partial charge >= 0.3 is 0 Å². The smallest absolute Gasteiger partial charge is 0.259 e. The van der Waals surface area contributed by atoms with Crippen LogP contribution in [0.3, 0.4) is 0 Å². The average molecular weight is 343 g/mol. The fourth-order valence-corrected chi connectivity index (χ4v) is 3.33. The molecule has 2 aromatic rings. The molecule has 1 aromatic heterocycles. The quantitative estimate of drug-likeness (QED) is 0.921. The Bertz CT molecular complexity index is 694. The Kier molecular flexibility index (Phi) is 5.50. The third-order valence-electron chi connectivity index (χ3n) is 4.74. The van der Waals surface area contributed by atoms with Gasteiger partial charge in [0.2, 0.25) is 0 Å². The average Bonchev–Trinajstić information content (AvgIpc) is 2.82. The van der Waals surface area contributed by atoms with Crippen LogP contribution in [0.2, 0.25) is 0 Å². The van der Waals surface area contributed by atoms with Crippen LogP contribution in [0.1, 0.15) is 39.9 Å². The van der Waals surface area contributed by atoms with Crippen LogP contribution in [-0.4, -0.2) is 58.7 Å². The highest BCUT2D eigenvalue weighted by molar-refractivity contribution is 5.96. The summed E-state index contributed by atoms with van der Waals surface area (Å²) in [6, 6.07) is 9.70. The van der Waals surface area contributed by atoms with E-state index in [9.17, 15) is 9.90 Å². The highest BCUT2D eigenvalue weighted by Gasteiger charge is 2.26. The Balaban J connectivity index is 1.60. The number of benzene rings is 1. The maximum atomic E-state index is 12.8. The van der Waals surface area contributed by atoms with Crippen LogP contribution in [0.25, 0.3) is 0 Å². The lowest BCUT2D eigenvalue weighted by molar-refractivity contribution is 0.0752. The number of aliphatic hydroxyl groups is 1. The summed E-state index contributed by atoms with van der Waals surface area (Å²) in [6.07, 6.45) is 0.377. The fraction of sp³-hybridized carbons (Fsp3) is 0.474. The van der Waals surface area contributed by atoms with Gasteiger partial charge in [0.15, 0.2) is 0 Å². The Morgan fingerprint density at radius 2 is 1.96 bits per heavy atom. The molecular formula is C19H25N3O3. The standard InChI is InChI=1S/C19H25N3O3/c1-14-18(15(2)25-20-14)19(24)22-10-6-9-21(11-12-22)13-17(23)16-7-4-3-5-8-16/h3-5,7-8,17,23H,6,9-13H2,1-2H3. The molecule has 0 spiro atoms. The van der Waals surface area contributed by atoms with Gasteiger partial charge in [-0.05, 0) is 25.8 Å². The number of aromatic nitrogens is 1. The lowest BCUT2D eigenvalue weighted by atomic mass is 10.1. The number of aryl methyl sites for hydroxylation is 2. The van der Waals surface area contributed by atoms with Gasteiger partial charge in [0.25, 0.3) is 5.91 Å². The van der Waals surface area contributed by atoms with E-state index in [1.807, 2.05) is 35.2 Å². The third kappa shape index (κ3) is 4.08. The molecule has 3 rings (SSSR count). The lowest BCUT2D eigenvalue weighted by Gasteiger charge is -2.24. The molecule has 2 heterocycles. The summed E-state index contributed by atoms with van der Waals surface area (Å²) in [6.45, 7) is 7.12. The molecule has 6 heteroatoms. The van der Waals surface area contributed by atoms with Crippen molar-refractivity contribution < 1.29 is 14.4 Å². The van der Waals surface area contributed by atoms with Crippen molar-refractivity contribution in [1.29, 1.82) is 0 Å². The zero-order valence-corrected chi connectivity index (χ0v) is 14.8. The molecule has 0 radical (unpaired) electrons. The molecule has 0 bridgehead atoms. The van der Waals surface area contributed by atoms with Gasteiger partial charge in [-0.25, -0.2) is 0 Å². The molecular weight excluding hydrogens is 318 g/mol. The van der Waals surface area contributed by atoms with Crippen LogP contribution in [0.4, 0.5) is 0 Å². The van der Waals surface area contributed by atoms with Crippen LogP contribution in [0, 0.1) is 13.8 Å². The number of hydrogen-bond acceptors (Lipinski definition) is 5. The Hall–Kier alpha value is -2.18. The van der Waals surface area contributed by atoms with E-state index in [0.29, 0.717) is 36.7 Å². The number of carbonyl (C=O) groups is 1. The Morgan fingerprint density at radius 3 is 2.64 bits per heavy atom. The van der Waals surface area contributed by atoms with Crippen LogP contribution in [0.15, 0.2) is 34.9 Å². The van der Waals surface area contributed by atoms with Crippen LogP contribution >= 0.6 is 0 Å². The van der Waals surface area contributed by atoms with Crippen molar-refractivity contribution >= 4 is 5.91 Å². The summed E-state index contributed by atoms with van der Waals surface area (Å²) in [4.78, 5) is 16.8. The second-order valence-corrected chi connectivity index (χ2v) is 6.57. The molecule has 1 aliphatic rings. The van der Waals surface area contributed by atoms with Crippen LogP contribution in [0.5, 0.6) is 0 Å². The molecule has 0 saturated carbocycles. The first-order chi connectivity index (χ1) is 12.1. The molecule has 6 nitrogen and oxygen atoms in total. The van der Waals surface area contributed by atoms with Crippen molar-refractivity contribution in [2.75, 3.05) is 32.7 Å². The van der Waals surface area contributed by atoms with Gasteiger partial charge in [0, 0.05) is 32.7 Å². The van der Waals surface area contributed by atoms with Gasteiger partial charge in [-0.1, -0.05) is 35.5 Å². The number of hydrogen-bond donors (Lipinski definition) is 1. The SMILES string of the molecule is Cc1noc(C)c1C(=O)N1CCCN(CC(O)c2ccccc2)CC1. The minimum atomic E-state index is -0.508. The molecule has 134 valence electrons. The maximum absolute atomic E-state index is 12.8. The summed E-state index contributed by atoms with van der Waals surface area (Å²) in [5.74, 6) is 0.560. The topological polar surface area (TPSA) is 69.8 Å². The third-order valence-corrected chi connectivity index (χ3v) is 4.74. The predicted octanol–water partition coefficient (Wildman–Crippen LogP) is 2.17. The van der Waals surface area contributed by atoms with Crippen molar-refractivity contribution in [1.82, 2.24) is 15.0 Å². The maximum Gasteiger partial charge on any atom is 0.259 e. The van der Waals surface area contributed by atoms with E-state index in [1.165, 1.54) is 0 Å². The molecule has 1 aliphatic heterocycles. The van der Waals surface area contributed by atoms with Gasteiger partial charge in [-0.15, -0.1) is 0 Å². The number of nitrogens with zero attached hydrogens (tertiary/aromatic N) is 3. The van der Waals surface area contributed by atoms with E-state index in [1.54, 1.807) is 13.8 Å². The molecule has 25 heavy (non-hydrogen) atoms. The first kappa shape index (κ1) is 17.6. The number of aliphatic hydroxyl groups excluding tert-OH is 1. The van der Waals surface area contributed by atoms with E-state index in [0.717, 1.165) is 25.1 Å². The van der Waals surface area contributed by atoms with Gasteiger partial charge < -0.3 is 14.5 Å². The van der Waals surface area contributed by atoms with E-state index >= 15 is 0 Å². The Labute approximate surface area is 148 Å². The van der Waals surface area contributed by atoms with E-state index in [-0.39, 0.29) is 5.91 Å². The first-order valence-corrected chi connectivity index (χ1v) is 8.73. The molecule has 1 unspecified atom stereocenters. The lowest BCUT2D eigenvalue weighted by Crippen LogP contribution is -2.36. The molecule has 1 fully saturated rings. The van der Waals surface area contributed by atoms with Gasteiger partial charge in [-0.2, -0.15) is 0 Å². The van der Waals surface area contributed by atoms with Crippen LogP contribution in [-0.2, 0) is 0 Å². The van der Waals surface area contributed by atoms with Crippen molar-refractivity contribution in [2.24, 2.45) is 0 Å². The minimum Gasteiger partial charge on any atom is -0.387 e. The van der Waals surface area contributed by atoms with E-state index in [4.69, 9.17) is 4.52 Å². The van der Waals surface area contributed by atoms with Gasteiger partial charge in [0.05, 0.1) is 11.8 Å². The van der Waals surface area contributed by atoms with Crippen LogP contribution < -0.4 is 0 Å². The molecule has 1 N–H and O–H groups in total. The molecule has 1 atom stereocenters. The molecule has 1 aromatic carbocycles. The highest BCUT2D eigenvalue weighted by Crippen LogP contribution is 2.18. The summed E-state index contributed by atoms with van der Waals surface area (Å²) in [5.41, 5.74) is 2.15. The summed E-state index contributed by atoms with van der Waals surface area (Å²) < 4.78 is 5.12. The fourth-order valence-electron chi connectivity index (χ4n) is 3.33. The Morgan fingerprint density at radius 1 is 1.20 bits per heavy atom. The summed E-state index contributed by atoms with van der Waals surface area (Å²) in [5, 5.41) is 14.3. The molecule has 1 amide bonds. The monoisotopic (exact) mass is 343 g/mol. The second-order valence-electron chi connectivity index (χ2n) is 6.57. The second kappa shape index (κ2) is 7.80. The number of carbonyl (C=O) groups excluding carboxylic acids is 1. The van der Waals surface area contributed by atoms with Crippen molar-refractivity contribution in [3.8, 4) is 0 Å². The zero-order valence-electron chi connectivity index (χ0n) is 14.8. The normalized spacial score (nSPS) is 17.3. The van der Waals surface area contributed by atoms with Gasteiger partial charge in [-0.3, -0.25) is 9.69 Å². The number of amides is 1. The number of β-amino-alcohol motifs (C(OH)–C–C–N with tert-alkyl or cyclic N) is 1. The molecule has 1 saturated heterocycles. The summed E-state index contributed by atoms with van der Waals surface area (Å²) in [7, 11) is 0. The minimum absolute atomic E-state index is 0.0123. The highest BCUT2D eigenvalue weighted by atomic mass is 16.5. The van der Waals surface area contributed by atoms with E-state index < -0.39 is 6.10 Å². The van der Waals surface area contributed by atoms with Crippen molar-refractivity contribution in [2.45, 2.75) is 26.4 Å². The van der Waals surface area contributed by atoms with Gasteiger partial charge in [0.1, 0.15) is 11.3 Å².